The molecule has 0 bridgehead atoms. The Morgan fingerprint density at radius 1 is 1.16 bits per heavy atom. The number of hydrogen-bond donors (Lipinski definition) is 1. The van der Waals surface area contributed by atoms with Crippen molar-refractivity contribution in [3.8, 4) is 0 Å². The minimum Gasteiger partial charge on any atom is -0.351 e. The van der Waals surface area contributed by atoms with Gasteiger partial charge in [0.05, 0.1) is 11.2 Å². The highest BCUT2D eigenvalue weighted by molar-refractivity contribution is 5.93. The van der Waals surface area contributed by atoms with E-state index in [4.69, 9.17) is 5.73 Å². The number of aromatic nitrogens is 2. The van der Waals surface area contributed by atoms with E-state index in [1.165, 1.54) is 23.6 Å². The summed E-state index contributed by atoms with van der Waals surface area (Å²) in [6, 6.07) is 8.34. The van der Waals surface area contributed by atoms with Crippen LogP contribution in [0.5, 0.6) is 0 Å². The van der Waals surface area contributed by atoms with Crippen molar-refractivity contribution in [3.05, 3.63) is 30.0 Å². The predicted octanol–water partition coefficient (Wildman–Crippen LogP) is 1.87. The number of nitrogens with two attached hydrogens (primary N) is 1. The van der Waals surface area contributed by atoms with Crippen LogP contribution in [0.15, 0.2) is 24.3 Å². The average Bonchev–Trinajstić information content (AvgIpc) is 3.21. The Morgan fingerprint density at radius 2 is 1.84 bits per heavy atom. The minimum atomic E-state index is 0.0215. The van der Waals surface area contributed by atoms with Crippen LogP contribution in [0.4, 0.5) is 5.82 Å². The summed E-state index contributed by atoms with van der Waals surface area (Å²) >= 11 is 0. The third kappa shape index (κ3) is 1.63. The summed E-state index contributed by atoms with van der Waals surface area (Å²) in [4.78, 5) is 2.27. The van der Waals surface area contributed by atoms with E-state index >= 15 is 0 Å². The van der Waals surface area contributed by atoms with E-state index in [0.29, 0.717) is 0 Å². The lowest BCUT2D eigenvalue weighted by atomic mass is 9.85. The van der Waals surface area contributed by atoms with Crippen molar-refractivity contribution in [1.82, 2.24) is 10.2 Å². The van der Waals surface area contributed by atoms with Crippen LogP contribution in [-0.4, -0.2) is 28.8 Å². The SMILES string of the molecule is Cc1nnc(N2CC(N)(C3CC3)C2)c2ccccc12. The Bertz CT molecular complexity index is 642. The first kappa shape index (κ1) is 11.2. The average molecular weight is 254 g/mol. The molecule has 1 aromatic heterocycles. The van der Waals surface area contributed by atoms with E-state index in [-0.39, 0.29) is 5.54 Å². The van der Waals surface area contributed by atoms with Gasteiger partial charge in [0.2, 0.25) is 0 Å². The van der Waals surface area contributed by atoms with Crippen LogP contribution < -0.4 is 10.6 Å². The lowest BCUT2D eigenvalue weighted by molar-refractivity contribution is 0.289. The second kappa shape index (κ2) is 3.67. The Hall–Kier alpha value is -1.68. The Balaban J connectivity index is 1.71. The van der Waals surface area contributed by atoms with Crippen LogP contribution in [0.25, 0.3) is 10.8 Å². The van der Waals surface area contributed by atoms with Crippen molar-refractivity contribution < 1.29 is 0 Å². The molecule has 98 valence electrons. The number of benzene rings is 1. The van der Waals surface area contributed by atoms with E-state index in [0.717, 1.165) is 30.5 Å². The molecule has 2 fully saturated rings. The summed E-state index contributed by atoms with van der Waals surface area (Å²) in [7, 11) is 0. The first-order valence-electron chi connectivity index (χ1n) is 6.93. The van der Waals surface area contributed by atoms with Crippen molar-refractivity contribution in [1.29, 1.82) is 0 Å². The fraction of sp³-hybridized carbons (Fsp3) is 0.467. The predicted molar refractivity (Wildman–Crippen MR) is 76.1 cm³/mol. The van der Waals surface area contributed by atoms with Gasteiger partial charge in [-0.05, 0) is 25.7 Å². The molecule has 1 aliphatic heterocycles. The second-order valence-electron chi connectivity index (χ2n) is 6.02. The van der Waals surface area contributed by atoms with Crippen molar-refractivity contribution in [2.75, 3.05) is 18.0 Å². The molecule has 1 saturated heterocycles. The zero-order valence-corrected chi connectivity index (χ0v) is 11.1. The molecular formula is C15H18N4. The zero-order chi connectivity index (χ0) is 13.0. The van der Waals surface area contributed by atoms with E-state index < -0.39 is 0 Å². The van der Waals surface area contributed by atoms with Gasteiger partial charge in [0.25, 0.3) is 0 Å². The lowest BCUT2D eigenvalue weighted by Crippen LogP contribution is -2.69. The van der Waals surface area contributed by atoms with E-state index in [2.05, 4.69) is 33.3 Å². The number of aryl methyl sites for hydroxylation is 1. The smallest absolute Gasteiger partial charge is 0.159 e. The van der Waals surface area contributed by atoms with Crippen LogP contribution in [0, 0.1) is 12.8 Å². The van der Waals surface area contributed by atoms with Crippen molar-refractivity contribution >= 4 is 16.6 Å². The normalized spacial score (nSPS) is 21.5. The number of hydrogen-bond acceptors (Lipinski definition) is 4. The monoisotopic (exact) mass is 254 g/mol. The molecule has 0 atom stereocenters. The van der Waals surface area contributed by atoms with Crippen LogP contribution in [-0.2, 0) is 0 Å². The van der Waals surface area contributed by atoms with Crippen LogP contribution in [0.3, 0.4) is 0 Å². The van der Waals surface area contributed by atoms with Gasteiger partial charge >= 0.3 is 0 Å². The van der Waals surface area contributed by atoms with Gasteiger partial charge in [-0.3, -0.25) is 0 Å². The topological polar surface area (TPSA) is 55.0 Å². The van der Waals surface area contributed by atoms with Crippen LogP contribution in [0.1, 0.15) is 18.5 Å². The second-order valence-corrected chi connectivity index (χ2v) is 6.02. The maximum absolute atomic E-state index is 6.42. The number of fused-ring (bicyclic) bond motifs is 1. The Morgan fingerprint density at radius 3 is 2.53 bits per heavy atom. The van der Waals surface area contributed by atoms with Gasteiger partial charge in [-0.1, -0.05) is 24.3 Å². The molecule has 19 heavy (non-hydrogen) atoms. The van der Waals surface area contributed by atoms with Crippen molar-refractivity contribution in [2.45, 2.75) is 25.3 Å². The van der Waals surface area contributed by atoms with E-state index in [1.54, 1.807) is 0 Å². The highest BCUT2D eigenvalue weighted by atomic mass is 15.3. The fourth-order valence-electron chi connectivity index (χ4n) is 3.19. The van der Waals surface area contributed by atoms with Gasteiger partial charge in [0.1, 0.15) is 0 Å². The van der Waals surface area contributed by atoms with Gasteiger partial charge in [-0.25, -0.2) is 0 Å². The third-order valence-electron chi connectivity index (χ3n) is 4.51. The van der Waals surface area contributed by atoms with Crippen LogP contribution in [0.2, 0.25) is 0 Å². The van der Waals surface area contributed by atoms with E-state index in [9.17, 15) is 0 Å². The molecule has 0 unspecified atom stereocenters. The number of nitrogens with zero attached hydrogens (tertiary/aromatic N) is 3. The minimum absolute atomic E-state index is 0.0215. The molecule has 0 amide bonds. The molecular weight excluding hydrogens is 236 g/mol. The summed E-state index contributed by atoms with van der Waals surface area (Å²) in [6.07, 6.45) is 2.59. The molecule has 2 heterocycles. The quantitative estimate of drug-likeness (QED) is 0.889. The van der Waals surface area contributed by atoms with Crippen molar-refractivity contribution in [3.63, 3.8) is 0 Å². The number of rotatable bonds is 2. The molecule has 4 heteroatoms. The summed E-state index contributed by atoms with van der Waals surface area (Å²) in [5, 5.41) is 11.1. The summed E-state index contributed by atoms with van der Waals surface area (Å²) < 4.78 is 0. The molecule has 1 aliphatic carbocycles. The van der Waals surface area contributed by atoms with Gasteiger partial charge in [-0.2, -0.15) is 5.10 Å². The molecule has 4 rings (SSSR count). The van der Waals surface area contributed by atoms with Gasteiger partial charge in [0.15, 0.2) is 5.82 Å². The molecule has 0 radical (unpaired) electrons. The van der Waals surface area contributed by atoms with Crippen LogP contribution >= 0.6 is 0 Å². The number of anilines is 1. The third-order valence-corrected chi connectivity index (χ3v) is 4.51. The molecule has 4 nitrogen and oxygen atoms in total. The lowest BCUT2D eigenvalue weighted by Gasteiger charge is -2.49. The Kier molecular flexibility index (Phi) is 2.16. The van der Waals surface area contributed by atoms with Crippen molar-refractivity contribution in [2.24, 2.45) is 11.7 Å². The maximum Gasteiger partial charge on any atom is 0.159 e. The first-order valence-corrected chi connectivity index (χ1v) is 6.93. The summed E-state index contributed by atoms with van der Waals surface area (Å²) in [5.41, 5.74) is 7.43. The molecule has 2 aliphatic rings. The first-order chi connectivity index (χ1) is 9.17. The largest absolute Gasteiger partial charge is 0.351 e. The fourth-order valence-corrected chi connectivity index (χ4v) is 3.19. The summed E-state index contributed by atoms with van der Waals surface area (Å²) in [6.45, 7) is 3.84. The standard InChI is InChI=1S/C15H18N4/c1-10-12-4-2-3-5-13(12)14(18-17-10)19-8-15(16,9-19)11-6-7-11/h2-5,11H,6-9,16H2,1H3. The zero-order valence-electron chi connectivity index (χ0n) is 11.1. The summed E-state index contributed by atoms with van der Waals surface area (Å²) in [5.74, 6) is 1.72. The van der Waals surface area contributed by atoms with Gasteiger partial charge in [-0.15, -0.1) is 5.10 Å². The maximum atomic E-state index is 6.42. The highest BCUT2D eigenvalue weighted by Crippen LogP contribution is 2.44. The molecule has 2 N–H and O–H groups in total. The Labute approximate surface area is 112 Å². The van der Waals surface area contributed by atoms with Gasteiger partial charge in [0, 0.05) is 23.9 Å². The van der Waals surface area contributed by atoms with Gasteiger partial charge < -0.3 is 10.6 Å². The molecule has 0 spiro atoms. The van der Waals surface area contributed by atoms with E-state index in [1.807, 2.05) is 13.0 Å². The molecule has 2 aromatic rings. The molecule has 1 saturated carbocycles. The highest BCUT2D eigenvalue weighted by Gasteiger charge is 2.51. The molecule has 1 aromatic carbocycles.